The predicted octanol–water partition coefficient (Wildman–Crippen LogP) is 3.36. The summed E-state index contributed by atoms with van der Waals surface area (Å²) in [4.78, 5) is 17.1. The lowest BCUT2D eigenvalue weighted by Crippen LogP contribution is -2.29. The number of benzene rings is 2. The monoisotopic (exact) mass is 382 g/mol. The molecule has 0 saturated carbocycles. The second-order valence-corrected chi connectivity index (χ2v) is 6.97. The lowest BCUT2D eigenvalue weighted by molar-refractivity contribution is 0.0930. The number of nitrogens with one attached hydrogen (secondary N) is 2. The Labute approximate surface area is 162 Å². The van der Waals surface area contributed by atoms with Crippen LogP contribution in [0.5, 0.6) is 0 Å². The van der Waals surface area contributed by atoms with Gasteiger partial charge in [0.2, 0.25) is 5.16 Å². The van der Waals surface area contributed by atoms with Crippen LogP contribution in [0.15, 0.2) is 53.7 Å². The van der Waals surface area contributed by atoms with Crippen molar-refractivity contribution in [1.29, 1.82) is 0 Å². The van der Waals surface area contributed by atoms with Gasteiger partial charge in [0.1, 0.15) is 0 Å². The van der Waals surface area contributed by atoms with Gasteiger partial charge in [-0.15, -0.1) is 5.10 Å². The SMILES string of the molecule is CSc1n[nH]c(-c2cccc(C(=O)N[C@H](CCO)c3ccc(C)cc3)c2)n1. The summed E-state index contributed by atoms with van der Waals surface area (Å²) in [6.07, 6.45) is 2.36. The quantitative estimate of drug-likeness (QED) is 0.545. The van der Waals surface area contributed by atoms with E-state index in [1.807, 2.05) is 49.6 Å². The van der Waals surface area contributed by atoms with E-state index >= 15 is 0 Å². The summed E-state index contributed by atoms with van der Waals surface area (Å²) < 4.78 is 0. The topological polar surface area (TPSA) is 90.9 Å². The maximum absolute atomic E-state index is 12.8. The molecule has 0 bridgehead atoms. The molecule has 0 saturated heterocycles. The number of carbonyl (C=O) groups excluding carboxylic acids is 1. The molecule has 3 aromatic rings. The maximum Gasteiger partial charge on any atom is 0.251 e. The fourth-order valence-electron chi connectivity index (χ4n) is 2.77. The first-order valence-electron chi connectivity index (χ1n) is 8.66. The van der Waals surface area contributed by atoms with Crippen molar-refractivity contribution in [2.24, 2.45) is 0 Å². The Morgan fingerprint density at radius 3 is 2.70 bits per heavy atom. The third kappa shape index (κ3) is 4.75. The lowest BCUT2D eigenvalue weighted by atomic mass is 10.0. The van der Waals surface area contributed by atoms with Crippen LogP contribution < -0.4 is 5.32 Å². The number of rotatable bonds is 7. The molecule has 1 aromatic heterocycles. The third-order valence-electron chi connectivity index (χ3n) is 4.25. The highest BCUT2D eigenvalue weighted by Crippen LogP contribution is 2.21. The Morgan fingerprint density at radius 2 is 2.04 bits per heavy atom. The molecule has 3 rings (SSSR count). The van der Waals surface area contributed by atoms with Crippen molar-refractivity contribution in [3.05, 3.63) is 65.2 Å². The number of aromatic amines is 1. The van der Waals surface area contributed by atoms with Crippen molar-refractivity contribution in [2.45, 2.75) is 24.5 Å². The van der Waals surface area contributed by atoms with Crippen LogP contribution >= 0.6 is 11.8 Å². The number of thioether (sulfide) groups is 1. The summed E-state index contributed by atoms with van der Waals surface area (Å²) in [7, 11) is 0. The fourth-order valence-corrected chi connectivity index (χ4v) is 3.09. The van der Waals surface area contributed by atoms with Gasteiger partial charge in [-0.3, -0.25) is 9.89 Å². The van der Waals surface area contributed by atoms with Crippen molar-refractivity contribution in [3.63, 3.8) is 0 Å². The number of aryl methyl sites for hydroxylation is 1. The number of nitrogens with zero attached hydrogens (tertiary/aromatic N) is 2. The minimum atomic E-state index is -0.250. The average Bonchev–Trinajstić information content (AvgIpc) is 3.18. The molecule has 2 aromatic carbocycles. The van der Waals surface area contributed by atoms with Gasteiger partial charge < -0.3 is 10.4 Å². The molecule has 1 atom stereocenters. The van der Waals surface area contributed by atoms with E-state index in [9.17, 15) is 9.90 Å². The molecule has 3 N–H and O–H groups in total. The second-order valence-electron chi connectivity index (χ2n) is 6.20. The number of aliphatic hydroxyl groups is 1. The minimum absolute atomic E-state index is 0.00557. The highest BCUT2D eigenvalue weighted by atomic mass is 32.2. The van der Waals surface area contributed by atoms with Crippen molar-refractivity contribution in [3.8, 4) is 11.4 Å². The van der Waals surface area contributed by atoms with Gasteiger partial charge in [-0.2, -0.15) is 0 Å². The van der Waals surface area contributed by atoms with Gasteiger partial charge in [-0.05, 0) is 37.3 Å². The number of aromatic nitrogens is 3. The van der Waals surface area contributed by atoms with Gasteiger partial charge in [0.15, 0.2) is 5.82 Å². The molecule has 140 valence electrons. The zero-order valence-electron chi connectivity index (χ0n) is 15.3. The molecular formula is C20H22N4O2S. The third-order valence-corrected chi connectivity index (χ3v) is 4.80. The highest BCUT2D eigenvalue weighted by molar-refractivity contribution is 7.98. The number of aliphatic hydroxyl groups excluding tert-OH is 1. The molecule has 7 heteroatoms. The van der Waals surface area contributed by atoms with Crippen molar-refractivity contribution >= 4 is 17.7 Å². The number of hydrogen-bond acceptors (Lipinski definition) is 5. The molecule has 27 heavy (non-hydrogen) atoms. The zero-order chi connectivity index (χ0) is 19.2. The van der Waals surface area contributed by atoms with E-state index in [-0.39, 0.29) is 18.6 Å². The van der Waals surface area contributed by atoms with E-state index in [1.54, 1.807) is 12.1 Å². The highest BCUT2D eigenvalue weighted by Gasteiger charge is 2.16. The zero-order valence-corrected chi connectivity index (χ0v) is 16.1. The first-order chi connectivity index (χ1) is 13.1. The van der Waals surface area contributed by atoms with Gasteiger partial charge >= 0.3 is 0 Å². The van der Waals surface area contributed by atoms with E-state index in [1.165, 1.54) is 11.8 Å². The summed E-state index contributed by atoms with van der Waals surface area (Å²) in [5.41, 5.74) is 3.45. The number of amides is 1. The van der Waals surface area contributed by atoms with Gasteiger partial charge in [-0.1, -0.05) is 53.7 Å². The average molecular weight is 382 g/mol. The Hall–Kier alpha value is -2.64. The van der Waals surface area contributed by atoms with Crippen molar-refractivity contribution in [1.82, 2.24) is 20.5 Å². The van der Waals surface area contributed by atoms with Crippen LogP contribution in [-0.2, 0) is 0 Å². The van der Waals surface area contributed by atoms with E-state index in [4.69, 9.17) is 0 Å². The Morgan fingerprint density at radius 1 is 1.26 bits per heavy atom. The van der Waals surface area contributed by atoms with Crippen LogP contribution in [-0.4, -0.2) is 39.1 Å². The summed E-state index contributed by atoms with van der Waals surface area (Å²) in [6, 6.07) is 14.9. The van der Waals surface area contributed by atoms with Crippen LogP contribution in [0.1, 0.15) is 33.9 Å². The molecule has 0 aliphatic heterocycles. The molecule has 0 spiro atoms. The van der Waals surface area contributed by atoms with E-state index in [2.05, 4.69) is 20.5 Å². The van der Waals surface area contributed by atoms with Crippen LogP contribution in [0.25, 0.3) is 11.4 Å². The van der Waals surface area contributed by atoms with Crippen LogP contribution in [0.2, 0.25) is 0 Å². The molecule has 0 aliphatic carbocycles. The summed E-state index contributed by atoms with van der Waals surface area (Å²) in [5, 5.41) is 20.0. The minimum Gasteiger partial charge on any atom is -0.396 e. The first-order valence-corrected chi connectivity index (χ1v) is 9.88. The Balaban J connectivity index is 1.79. The van der Waals surface area contributed by atoms with Crippen LogP contribution in [0.4, 0.5) is 0 Å². The number of H-pyrrole nitrogens is 1. The van der Waals surface area contributed by atoms with Crippen molar-refractivity contribution < 1.29 is 9.90 Å². The molecule has 1 heterocycles. The van der Waals surface area contributed by atoms with Crippen LogP contribution in [0, 0.1) is 6.92 Å². The van der Waals surface area contributed by atoms with Gasteiger partial charge in [-0.25, -0.2) is 4.98 Å². The molecule has 1 amide bonds. The molecule has 6 nitrogen and oxygen atoms in total. The van der Waals surface area contributed by atoms with Gasteiger partial charge in [0.25, 0.3) is 5.91 Å². The maximum atomic E-state index is 12.8. The molecule has 0 fully saturated rings. The Bertz CT molecular complexity index is 908. The standard InChI is InChI=1S/C20H22N4O2S/c1-13-6-8-14(9-7-13)17(10-11-25)21-19(26)16-5-3-4-15(12-16)18-22-20(27-2)24-23-18/h3-9,12,17,25H,10-11H2,1-2H3,(H,21,26)(H,22,23,24)/t17-/m1/s1. The van der Waals surface area contributed by atoms with E-state index in [0.717, 1.165) is 16.7 Å². The summed E-state index contributed by atoms with van der Waals surface area (Å²) in [5.74, 6) is 0.430. The van der Waals surface area contributed by atoms with E-state index < -0.39 is 0 Å². The lowest BCUT2D eigenvalue weighted by Gasteiger charge is -2.19. The predicted molar refractivity (Wildman–Crippen MR) is 107 cm³/mol. The summed E-state index contributed by atoms with van der Waals surface area (Å²) >= 11 is 1.45. The largest absolute Gasteiger partial charge is 0.396 e. The Kier molecular flexibility index (Phi) is 6.26. The summed E-state index contributed by atoms with van der Waals surface area (Å²) in [6.45, 7) is 2.01. The van der Waals surface area contributed by atoms with E-state index in [0.29, 0.717) is 23.0 Å². The normalized spacial score (nSPS) is 12.0. The number of hydrogen-bond donors (Lipinski definition) is 3. The molecule has 0 unspecified atom stereocenters. The van der Waals surface area contributed by atoms with Crippen LogP contribution in [0.3, 0.4) is 0 Å². The van der Waals surface area contributed by atoms with Gasteiger partial charge in [0, 0.05) is 17.7 Å². The molecule has 0 aliphatic rings. The first kappa shape index (κ1) is 19.1. The smallest absolute Gasteiger partial charge is 0.251 e. The van der Waals surface area contributed by atoms with Gasteiger partial charge in [0.05, 0.1) is 6.04 Å². The molecule has 0 radical (unpaired) electrons. The van der Waals surface area contributed by atoms with Crippen molar-refractivity contribution in [2.75, 3.05) is 12.9 Å². The second kappa shape index (κ2) is 8.83. The fraction of sp³-hybridized carbons (Fsp3) is 0.250. The number of carbonyl (C=O) groups is 1. The molecular weight excluding hydrogens is 360 g/mol.